The zero-order valence-electron chi connectivity index (χ0n) is 12.2. The highest BCUT2D eigenvalue weighted by Gasteiger charge is 2.12. The molecule has 1 aromatic carbocycles. The quantitative estimate of drug-likeness (QED) is 0.776. The van der Waals surface area contributed by atoms with E-state index in [1.807, 2.05) is 13.8 Å². The fraction of sp³-hybridized carbons (Fsp3) is 0.533. The van der Waals surface area contributed by atoms with Gasteiger partial charge in [-0.15, -0.1) is 0 Å². The van der Waals surface area contributed by atoms with Crippen molar-refractivity contribution in [2.45, 2.75) is 39.4 Å². The summed E-state index contributed by atoms with van der Waals surface area (Å²) in [5.74, 6) is 0.277. The number of aliphatic hydroxyl groups is 1. The van der Waals surface area contributed by atoms with E-state index >= 15 is 0 Å². The third kappa shape index (κ3) is 7.04. The lowest BCUT2D eigenvalue weighted by Crippen LogP contribution is -2.28. The monoisotopic (exact) mass is 301 g/mol. The van der Waals surface area contributed by atoms with Gasteiger partial charge in [0.15, 0.2) is 0 Å². The van der Waals surface area contributed by atoms with Gasteiger partial charge in [-0.05, 0) is 30.0 Å². The lowest BCUT2D eigenvalue weighted by Gasteiger charge is -2.14. The van der Waals surface area contributed by atoms with Gasteiger partial charge < -0.3 is 15.2 Å². The minimum absolute atomic E-state index is 0.0207. The second-order valence-corrected chi connectivity index (χ2v) is 5.20. The number of ether oxygens (including phenoxy) is 1. The number of halogens is 2. The number of benzene rings is 1. The van der Waals surface area contributed by atoms with Gasteiger partial charge in [-0.1, -0.05) is 26.0 Å². The van der Waals surface area contributed by atoms with Gasteiger partial charge in [0.2, 0.25) is 5.91 Å². The Morgan fingerprint density at radius 1 is 1.38 bits per heavy atom. The molecule has 118 valence electrons. The van der Waals surface area contributed by atoms with Crippen molar-refractivity contribution in [2.75, 3.05) is 6.54 Å². The van der Waals surface area contributed by atoms with E-state index in [1.54, 1.807) is 6.07 Å². The highest BCUT2D eigenvalue weighted by atomic mass is 19.3. The Morgan fingerprint density at radius 2 is 2.10 bits per heavy atom. The zero-order valence-corrected chi connectivity index (χ0v) is 12.2. The predicted octanol–water partition coefficient (Wildman–Crippen LogP) is 2.87. The SMILES string of the molecule is CC(C)CCC(=O)NCC(O)c1cccc(OC(F)F)c1. The van der Waals surface area contributed by atoms with E-state index in [-0.39, 0.29) is 18.2 Å². The van der Waals surface area contributed by atoms with Gasteiger partial charge in [0.25, 0.3) is 0 Å². The molecule has 0 saturated heterocycles. The van der Waals surface area contributed by atoms with Crippen LogP contribution in [-0.2, 0) is 4.79 Å². The van der Waals surface area contributed by atoms with Crippen molar-refractivity contribution in [3.05, 3.63) is 29.8 Å². The van der Waals surface area contributed by atoms with Crippen LogP contribution in [0.4, 0.5) is 8.78 Å². The number of carbonyl (C=O) groups is 1. The zero-order chi connectivity index (χ0) is 15.8. The molecule has 1 amide bonds. The fourth-order valence-electron chi connectivity index (χ4n) is 1.73. The molecule has 1 rings (SSSR count). The largest absolute Gasteiger partial charge is 0.435 e. The molecule has 6 heteroatoms. The van der Waals surface area contributed by atoms with Gasteiger partial charge in [-0.3, -0.25) is 4.79 Å². The summed E-state index contributed by atoms with van der Waals surface area (Å²) in [5.41, 5.74) is 0.414. The normalized spacial score (nSPS) is 12.5. The summed E-state index contributed by atoms with van der Waals surface area (Å²) in [7, 11) is 0. The van der Waals surface area contributed by atoms with Gasteiger partial charge in [-0.2, -0.15) is 8.78 Å². The fourth-order valence-corrected chi connectivity index (χ4v) is 1.73. The minimum atomic E-state index is -2.91. The Kier molecular flexibility index (Phi) is 7.08. The molecular formula is C15H21F2NO3. The van der Waals surface area contributed by atoms with Crippen molar-refractivity contribution < 1.29 is 23.4 Å². The first kappa shape index (κ1) is 17.4. The van der Waals surface area contributed by atoms with Crippen molar-refractivity contribution >= 4 is 5.91 Å². The average Bonchev–Trinajstić information content (AvgIpc) is 2.42. The van der Waals surface area contributed by atoms with Gasteiger partial charge in [-0.25, -0.2) is 0 Å². The van der Waals surface area contributed by atoms with Crippen molar-refractivity contribution in [3.8, 4) is 5.75 Å². The Labute approximate surface area is 123 Å². The summed E-state index contributed by atoms with van der Waals surface area (Å²) in [4.78, 5) is 11.5. The molecule has 0 fully saturated rings. The highest BCUT2D eigenvalue weighted by Crippen LogP contribution is 2.20. The standard InChI is InChI=1S/C15H21F2NO3/c1-10(2)6-7-14(20)18-9-13(19)11-4-3-5-12(8-11)21-15(16)17/h3-5,8,10,13,15,19H,6-7,9H2,1-2H3,(H,18,20). The first-order valence-electron chi connectivity index (χ1n) is 6.88. The summed E-state index contributed by atoms with van der Waals surface area (Å²) in [5, 5.41) is 12.6. The first-order valence-corrected chi connectivity index (χ1v) is 6.88. The van der Waals surface area contributed by atoms with E-state index in [2.05, 4.69) is 10.1 Å². The second kappa shape index (κ2) is 8.56. The lowest BCUT2D eigenvalue weighted by molar-refractivity contribution is -0.121. The van der Waals surface area contributed by atoms with E-state index in [0.717, 1.165) is 6.42 Å². The molecule has 1 aromatic rings. The molecule has 0 saturated carbocycles. The van der Waals surface area contributed by atoms with E-state index in [4.69, 9.17) is 0 Å². The molecule has 21 heavy (non-hydrogen) atoms. The van der Waals surface area contributed by atoms with Crippen LogP contribution in [0.5, 0.6) is 5.75 Å². The number of hydrogen-bond donors (Lipinski definition) is 2. The van der Waals surface area contributed by atoms with E-state index in [1.165, 1.54) is 18.2 Å². The van der Waals surface area contributed by atoms with Crippen LogP contribution in [0.15, 0.2) is 24.3 Å². The van der Waals surface area contributed by atoms with E-state index < -0.39 is 12.7 Å². The summed E-state index contributed by atoms with van der Waals surface area (Å²) in [6, 6.07) is 5.81. The summed E-state index contributed by atoms with van der Waals surface area (Å²) in [6.07, 6.45) is 0.215. The number of carbonyl (C=O) groups excluding carboxylic acids is 1. The Hall–Kier alpha value is -1.69. The van der Waals surface area contributed by atoms with Crippen LogP contribution in [-0.4, -0.2) is 24.2 Å². The minimum Gasteiger partial charge on any atom is -0.435 e. The molecule has 2 N–H and O–H groups in total. The maximum Gasteiger partial charge on any atom is 0.387 e. The molecule has 0 spiro atoms. The van der Waals surface area contributed by atoms with Crippen molar-refractivity contribution in [1.82, 2.24) is 5.32 Å². The number of amides is 1. The topological polar surface area (TPSA) is 58.6 Å². The van der Waals surface area contributed by atoms with Gasteiger partial charge in [0, 0.05) is 13.0 Å². The van der Waals surface area contributed by atoms with Crippen LogP contribution in [0.2, 0.25) is 0 Å². The highest BCUT2D eigenvalue weighted by molar-refractivity contribution is 5.75. The number of nitrogens with one attached hydrogen (secondary N) is 1. The molecule has 1 atom stereocenters. The van der Waals surface area contributed by atoms with Gasteiger partial charge in [0.05, 0.1) is 6.10 Å². The Bertz CT molecular complexity index is 452. The number of alkyl halides is 2. The molecule has 0 aliphatic carbocycles. The number of rotatable bonds is 8. The molecule has 0 radical (unpaired) electrons. The molecule has 0 aromatic heterocycles. The molecule has 4 nitrogen and oxygen atoms in total. The van der Waals surface area contributed by atoms with Crippen molar-refractivity contribution in [2.24, 2.45) is 5.92 Å². The van der Waals surface area contributed by atoms with Gasteiger partial charge in [0.1, 0.15) is 5.75 Å². The van der Waals surface area contributed by atoms with E-state index in [9.17, 15) is 18.7 Å². The third-order valence-electron chi connectivity index (χ3n) is 2.91. The summed E-state index contributed by atoms with van der Waals surface area (Å²) >= 11 is 0. The average molecular weight is 301 g/mol. The number of hydrogen-bond acceptors (Lipinski definition) is 3. The van der Waals surface area contributed by atoms with Crippen LogP contribution in [0.3, 0.4) is 0 Å². The van der Waals surface area contributed by atoms with Crippen LogP contribution in [0, 0.1) is 5.92 Å². The summed E-state index contributed by atoms with van der Waals surface area (Å²) < 4.78 is 28.5. The molecule has 1 unspecified atom stereocenters. The maximum atomic E-state index is 12.1. The molecule has 0 aliphatic heterocycles. The van der Waals surface area contributed by atoms with Gasteiger partial charge >= 0.3 is 6.61 Å². The molecule has 0 aliphatic rings. The second-order valence-electron chi connectivity index (χ2n) is 5.20. The number of aliphatic hydroxyl groups excluding tert-OH is 1. The predicted molar refractivity (Wildman–Crippen MR) is 75.1 cm³/mol. The lowest BCUT2D eigenvalue weighted by atomic mass is 10.1. The molecule has 0 heterocycles. The molecular weight excluding hydrogens is 280 g/mol. The first-order chi connectivity index (χ1) is 9.88. The maximum absolute atomic E-state index is 12.1. The van der Waals surface area contributed by atoms with Crippen molar-refractivity contribution in [3.63, 3.8) is 0 Å². The van der Waals surface area contributed by atoms with Crippen LogP contribution in [0.1, 0.15) is 38.4 Å². The van der Waals surface area contributed by atoms with E-state index in [0.29, 0.717) is 17.9 Å². The Morgan fingerprint density at radius 3 is 2.71 bits per heavy atom. The third-order valence-corrected chi connectivity index (χ3v) is 2.91. The Balaban J connectivity index is 2.48. The van der Waals surface area contributed by atoms with Crippen LogP contribution >= 0.6 is 0 Å². The van der Waals surface area contributed by atoms with Crippen molar-refractivity contribution in [1.29, 1.82) is 0 Å². The smallest absolute Gasteiger partial charge is 0.387 e. The van der Waals surface area contributed by atoms with Crippen LogP contribution in [0.25, 0.3) is 0 Å². The van der Waals surface area contributed by atoms with Crippen LogP contribution < -0.4 is 10.1 Å². The molecule has 0 bridgehead atoms. The summed E-state index contributed by atoms with van der Waals surface area (Å²) in [6.45, 7) is 1.18.